The number of rotatable bonds is 3. The number of carbonyl (C=O) groups is 1. The Bertz CT molecular complexity index is 386. The molecule has 0 saturated carbocycles. The number of nitrogens with zero attached hydrogens (tertiary/aromatic N) is 3. The molecule has 1 aromatic rings. The lowest BCUT2D eigenvalue weighted by Gasteiger charge is -2.32. The molecule has 0 unspecified atom stereocenters. The molecule has 5 nitrogen and oxygen atoms in total. The van der Waals surface area contributed by atoms with Crippen molar-refractivity contribution in [3.8, 4) is 5.88 Å². The molecular formula is C13H19N3O2. The lowest BCUT2D eigenvalue weighted by atomic mass is 10.1. The minimum absolute atomic E-state index is 0.0717. The van der Waals surface area contributed by atoms with Crippen LogP contribution in [-0.2, 0) is 4.79 Å². The van der Waals surface area contributed by atoms with Gasteiger partial charge in [0.05, 0.1) is 0 Å². The third kappa shape index (κ3) is 3.18. The van der Waals surface area contributed by atoms with E-state index in [1.54, 1.807) is 18.3 Å². The zero-order valence-electron chi connectivity index (χ0n) is 10.9. The normalized spacial score (nSPS) is 16.9. The van der Waals surface area contributed by atoms with E-state index in [1.807, 2.05) is 18.7 Å². The van der Waals surface area contributed by atoms with Gasteiger partial charge in [-0.15, -0.1) is 5.10 Å². The number of ether oxygens (including phenoxy) is 1. The second-order valence-electron chi connectivity index (χ2n) is 4.86. The first-order chi connectivity index (χ1) is 8.66. The second-order valence-corrected chi connectivity index (χ2v) is 4.86. The van der Waals surface area contributed by atoms with E-state index in [9.17, 15) is 4.79 Å². The molecular weight excluding hydrogens is 230 g/mol. The van der Waals surface area contributed by atoms with Gasteiger partial charge in [0.25, 0.3) is 0 Å². The molecule has 2 rings (SSSR count). The first-order valence-corrected chi connectivity index (χ1v) is 6.40. The lowest BCUT2D eigenvalue weighted by Crippen LogP contribution is -2.43. The predicted molar refractivity (Wildman–Crippen MR) is 67.1 cm³/mol. The molecule has 1 aliphatic heterocycles. The van der Waals surface area contributed by atoms with Gasteiger partial charge >= 0.3 is 0 Å². The van der Waals surface area contributed by atoms with E-state index < -0.39 is 0 Å². The van der Waals surface area contributed by atoms with Crippen LogP contribution in [0.1, 0.15) is 26.7 Å². The van der Waals surface area contributed by atoms with Gasteiger partial charge in [-0.05, 0) is 6.07 Å². The van der Waals surface area contributed by atoms with Crippen molar-refractivity contribution in [2.45, 2.75) is 32.8 Å². The van der Waals surface area contributed by atoms with Gasteiger partial charge in [-0.2, -0.15) is 5.10 Å². The van der Waals surface area contributed by atoms with Crippen LogP contribution >= 0.6 is 0 Å². The molecule has 0 atom stereocenters. The van der Waals surface area contributed by atoms with Gasteiger partial charge < -0.3 is 9.64 Å². The summed E-state index contributed by atoms with van der Waals surface area (Å²) in [6.45, 7) is 5.40. The number of piperidine rings is 1. The number of hydrogen-bond donors (Lipinski definition) is 0. The van der Waals surface area contributed by atoms with Crippen molar-refractivity contribution in [1.29, 1.82) is 0 Å². The van der Waals surface area contributed by atoms with E-state index in [0.29, 0.717) is 5.88 Å². The summed E-state index contributed by atoms with van der Waals surface area (Å²) >= 11 is 0. The van der Waals surface area contributed by atoms with E-state index in [2.05, 4.69) is 10.2 Å². The Hall–Kier alpha value is -1.65. The maximum Gasteiger partial charge on any atom is 0.233 e. The fourth-order valence-electron chi connectivity index (χ4n) is 2.08. The number of hydrogen-bond acceptors (Lipinski definition) is 4. The molecule has 0 spiro atoms. The minimum Gasteiger partial charge on any atom is -0.473 e. The Kier molecular flexibility index (Phi) is 4.12. The zero-order chi connectivity index (χ0) is 13.0. The van der Waals surface area contributed by atoms with Crippen molar-refractivity contribution >= 4 is 5.91 Å². The van der Waals surface area contributed by atoms with Crippen LogP contribution < -0.4 is 4.74 Å². The van der Waals surface area contributed by atoms with Crippen LogP contribution in [0.15, 0.2) is 18.3 Å². The van der Waals surface area contributed by atoms with Crippen LogP contribution in [0.2, 0.25) is 0 Å². The molecule has 5 heteroatoms. The van der Waals surface area contributed by atoms with Gasteiger partial charge in [0, 0.05) is 44.1 Å². The van der Waals surface area contributed by atoms with Gasteiger partial charge in [-0.3, -0.25) is 4.79 Å². The summed E-state index contributed by atoms with van der Waals surface area (Å²) in [5.41, 5.74) is 0. The van der Waals surface area contributed by atoms with E-state index in [0.717, 1.165) is 25.9 Å². The van der Waals surface area contributed by atoms with Crippen LogP contribution in [0.25, 0.3) is 0 Å². The van der Waals surface area contributed by atoms with Crippen LogP contribution in [0.3, 0.4) is 0 Å². The van der Waals surface area contributed by atoms with Gasteiger partial charge in [0.15, 0.2) is 0 Å². The van der Waals surface area contributed by atoms with Gasteiger partial charge in [0.2, 0.25) is 11.8 Å². The second kappa shape index (κ2) is 5.80. The van der Waals surface area contributed by atoms with E-state index in [1.165, 1.54) is 0 Å². The smallest absolute Gasteiger partial charge is 0.233 e. The van der Waals surface area contributed by atoms with Crippen molar-refractivity contribution in [1.82, 2.24) is 15.1 Å². The number of carbonyl (C=O) groups excluding carboxylic acids is 1. The molecule has 1 aromatic heterocycles. The highest BCUT2D eigenvalue weighted by atomic mass is 16.5. The molecule has 18 heavy (non-hydrogen) atoms. The molecule has 1 saturated heterocycles. The third-order valence-electron chi connectivity index (χ3n) is 3.08. The Morgan fingerprint density at radius 3 is 2.72 bits per heavy atom. The molecule has 0 aliphatic carbocycles. The van der Waals surface area contributed by atoms with Gasteiger partial charge in [-0.1, -0.05) is 13.8 Å². The Morgan fingerprint density at radius 2 is 2.17 bits per heavy atom. The van der Waals surface area contributed by atoms with Crippen LogP contribution in [0.5, 0.6) is 5.88 Å². The summed E-state index contributed by atoms with van der Waals surface area (Å²) in [7, 11) is 0. The third-order valence-corrected chi connectivity index (χ3v) is 3.08. The van der Waals surface area contributed by atoms with Crippen LogP contribution in [-0.4, -0.2) is 40.2 Å². The van der Waals surface area contributed by atoms with Gasteiger partial charge in [0.1, 0.15) is 6.10 Å². The maximum atomic E-state index is 11.8. The average Bonchev–Trinajstić information content (AvgIpc) is 2.40. The zero-order valence-corrected chi connectivity index (χ0v) is 10.9. The van der Waals surface area contributed by atoms with Crippen LogP contribution in [0.4, 0.5) is 0 Å². The van der Waals surface area contributed by atoms with Crippen molar-refractivity contribution in [2.24, 2.45) is 5.92 Å². The summed E-state index contributed by atoms with van der Waals surface area (Å²) in [4.78, 5) is 13.7. The standard InChI is InChI=1S/C13H19N3O2/c1-10(2)13(17)16-8-5-11(6-9-16)18-12-4-3-7-14-15-12/h3-4,7,10-11H,5-6,8-9H2,1-2H3. The SMILES string of the molecule is CC(C)C(=O)N1CCC(Oc2cccnn2)CC1. The number of likely N-dealkylation sites (tertiary alicyclic amines) is 1. The number of aromatic nitrogens is 2. The summed E-state index contributed by atoms with van der Waals surface area (Å²) < 4.78 is 5.73. The minimum atomic E-state index is 0.0717. The molecule has 1 aliphatic rings. The Labute approximate surface area is 107 Å². The first-order valence-electron chi connectivity index (χ1n) is 6.40. The molecule has 0 radical (unpaired) electrons. The molecule has 1 fully saturated rings. The van der Waals surface area contributed by atoms with E-state index in [-0.39, 0.29) is 17.9 Å². The molecule has 0 bridgehead atoms. The summed E-state index contributed by atoms with van der Waals surface area (Å²) in [6.07, 6.45) is 3.47. The molecule has 2 heterocycles. The highest BCUT2D eigenvalue weighted by Crippen LogP contribution is 2.17. The fraction of sp³-hybridized carbons (Fsp3) is 0.615. The van der Waals surface area contributed by atoms with Crippen molar-refractivity contribution in [3.63, 3.8) is 0 Å². The number of amides is 1. The maximum absolute atomic E-state index is 11.8. The van der Waals surface area contributed by atoms with Crippen molar-refractivity contribution < 1.29 is 9.53 Å². The molecule has 98 valence electrons. The average molecular weight is 249 g/mol. The summed E-state index contributed by atoms with van der Waals surface area (Å²) in [5, 5.41) is 7.68. The largest absolute Gasteiger partial charge is 0.473 e. The molecule has 0 aromatic carbocycles. The lowest BCUT2D eigenvalue weighted by molar-refractivity contribution is -0.136. The van der Waals surface area contributed by atoms with Crippen LogP contribution in [0, 0.1) is 5.92 Å². The Balaban J connectivity index is 1.82. The fourth-order valence-corrected chi connectivity index (χ4v) is 2.08. The van der Waals surface area contributed by atoms with Crippen molar-refractivity contribution in [2.75, 3.05) is 13.1 Å². The highest BCUT2D eigenvalue weighted by Gasteiger charge is 2.25. The summed E-state index contributed by atoms with van der Waals surface area (Å²) in [6, 6.07) is 3.61. The highest BCUT2D eigenvalue weighted by molar-refractivity contribution is 5.78. The van der Waals surface area contributed by atoms with Crippen molar-refractivity contribution in [3.05, 3.63) is 18.3 Å². The quantitative estimate of drug-likeness (QED) is 0.814. The van der Waals surface area contributed by atoms with Gasteiger partial charge in [-0.25, -0.2) is 0 Å². The molecule has 0 N–H and O–H groups in total. The Morgan fingerprint density at radius 1 is 1.44 bits per heavy atom. The monoisotopic (exact) mass is 249 g/mol. The molecule has 1 amide bonds. The summed E-state index contributed by atoms with van der Waals surface area (Å²) in [5.74, 6) is 0.863. The topological polar surface area (TPSA) is 55.3 Å². The first kappa shape index (κ1) is 12.8. The predicted octanol–water partition coefficient (Wildman–Crippen LogP) is 1.50. The van der Waals surface area contributed by atoms with E-state index in [4.69, 9.17) is 4.74 Å². The van der Waals surface area contributed by atoms with E-state index >= 15 is 0 Å².